The fourth-order valence-corrected chi connectivity index (χ4v) is 2.64. The second kappa shape index (κ2) is 6.85. The average molecular weight is 300 g/mol. The van der Waals surface area contributed by atoms with E-state index in [4.69, 9.17) is 5.26 Å². The van der Waals surface area contributed by atoms with Crippen molar-refractivity contribution in [3.05, 3.63) is 35.4 Å². The van der Waals surface area contributed by atoms with Crippen LogP contribution in [-0.4, -0.2) is 28.8 Å². The molecule has 1 aliphatic rings. The van der Waals surface area contributed by atoms with Crippen LogP contribution in [0.2, 0.25) is 0 Å². The third kappa shape index (κ3) is 3.70. The van der Waals surface area contributed by atoms with Gasteiger partial charge in [-0.05, 0) is 43.0 Å². The molecule has 1 amide bonds. The minimum Gasteiger partial charge on any atom is -0.480 e. The molecule has 0 spiro atoms. The van der Waals surface area contributed by atoms with E-state index in [2.05, 4.69) is 5.32 Å². The quantitative estimate of drug-likeness (QED) is 0.876. The van der Waals surface area contributed by atoms with Crippen LogP contribution in [0.1, 0.15) is 41.6 Å². The summed E-state index contributed by atoms with van der Waals surface area (Å²) in [6.07, 6.45) is 1.92. The zero-order valence-electron chi connectivity index (χ0n) is 11.9. The number of amides is 1. The zero-order valence-corrected chi connectivity index (χ0v) is 11.9. The minimum atomic E-state index is -1.14. The van der Waals surface area contributed by atoms with Crippen molar-refractivity contribution >= 4 is 17.7 Å². The Balaban J connectivity index is 2.09. The molecule has 6 heteroatoms. The molecule has 0 unspecified atom stereocenters. The van der Waals surface area contributed by atoms with Crippen LogP contribution >= 0.6 is 0 Å². The molecule has 6 nitrogen and oxygen atoms in total. The number of ketones is 1. The molecule has 2 atom stereocenters. The molecule has 22 heavy (non-hydrogen) atoms. The summed E-state index contributed by atoms with van der Waals surface area (Å²) in [6, 6.07) is 6.80. The van der Waals surface area contributed by atoms with Crippen molar-refractivity contribution in [2.24, 2.45) is 5.92 Å². The van der Waals surface area contributed by atoms with E-state index in [9.17, 15) is 19.5 Å². The number of carbonyl (C=O) groups excluding carboxylic acids is 2. The maximum atomic E-state index is 12.1. The van der Waals surface area contributed by atoms with Gasteiger partial charge < -0.3 is 10.4 Å². The molecule has 0 aliphatic heterocycles. The monoisotopic (exact) mass is 300 g/mol. The fourth-order valence-electron chi connectivity index (χ4n) is 2.64. The first kappa shape index (κ1) is 15.7. The highest BCUT2D eigenvalue weighted by molar-refractivity contribution is 5.97. The smallest absolute Gasteiger partial charge is 0.326 e. The largest absolute Gasteiger partial charge is 0.480 e. The molecule has 2 rings (SSSR count). The number of nitrogens with zero attached hydrogens (tertiary/aromatic N) is 1. The average Bonchev–Trinajstić information content (AvgIpc) is 2.52. The Morgan fingerprint density at radius 1 is 1.32 bits per heavy atom. The number of benzene rings is 1. The summed E-state index contributed by atoms with van der Waals surface area (Å²) in [4.78, 5) is 35.0. The molecule has 1 saturated carbocycles. The standard InChI is InChI=1S/C16H16N2O4/c17-9-10-4-6-11(7-5-10)15(20)18-14(16(21)22)12-2-1-3-13(19)8-12/h4-7,12,14H,1-3,8H2,(H,18,20)(H,21,22)/t12-,14+/m0/s1. The number of aliphatic carboxylic acids is 1. The summed E-state index contributed by atoms with van der Waals surface area (Å²) in [5.74, 6) is -1.99. The SMILES string of the molecule is N#Cc1ccc(C(=O)N[C@@H](C(=O)O)[C@H]2CCCC(=O)C2)cc1. The van der Waals surface area contributed by atoms with Crippen molar-refractivity contribution in [1.82, 2.24) is 5.32 Å². The van der Waals surface area contributed by atoms with E-state index in [0.717, 1.165) is 0 Å². The first-order valence-corrected chi connectivity index (χ1v) is 7.07. The number of nitriles is 1. The third-order valence-electron chi connectivity index (χ3n) is 3.82. The van der Waals surface area contributed by atoms with Gasteiger partial charge in [0.25, 0.3) is 5.91 Å². The van der Waals surface area contributed by atoms with Crippen LogP contribution in [0, 0.1) is 17.2 Å². The Hall–Kier alpha value is -2.68. The molecule has 2 N–H and O–H groups in total. The van der Waals surface area contributed by atoms with Gasteiger partial charge in [-0.2, -0.15) is 5.26 Å². The van der Waals surface area contributed by atoms with Crippen LogP contribution < -0.4 is 5.32 Å². The van der Waals surface area contributed by atoms with Gasteiger partial charge in [-0.1, -0.05) is 0 Å². The first-order valence-electron chi connectivity index (χ1n) is 7.07. The number of carbonyl (C=O) groups is 3. The Kier molecular flexibility index (Phi) is 4.89. The van der Waals surface area contributed by atoms with Gasteiger partial charge >= 0.3 is 5.97 Å². The van der Waals surface area contributed by atoms with E-state index >= 15 is 0 Å². The lowest BCUT2D eigenvalue weighted by atomic mass is 9.83. The lowest BCUT2D eigenvalue weighted by molar-refractivity contribution is -0.141. The molecule has 0 radical (unpaired) electrons. The van der Waals surface area contributed by atoms with Gasteiger partial charge in [0.15, 0.2) is 0 Å². The van der Waals surface area contributed by atoms with Crippen molar-refractivity contribution in [3.8, 4) is 6.07 Å². The minimum absolute atomic E-state index is 0.0372. The van der Waals surface area contributed by atoms with Crippen molar-refractivity contribution < 1.29 is 19.5 Å². The van der Waals surface area contributed by atoms with Gasteiger partial charge in [0.05, 0.1) is 11.6 Å². The maximum Gasteiger partial charge on any atom is 0.326 e. The normalized spacial score (nSPS) is 19.0. The molecule has 0 aromatic heterocycles. The van der Waals surface area contributed by atoms with E-state index in [0.29, 0.717) is 24.8 Å². The highest BCUT2D eigenvalue weighted by atomic mass is 16.4. The predicted octanol–water partition coefficient (Wildman–Crippen LogP) is 1.50. The van der Waals surface area contributed by atoms with Gasteiger partial charge in [0, 0.05) is 18.4 Å². The number of hydrogen-bond donors (Lipinski definition) is 2. The summed E-state index contributed by atoms with van der Waals surface area (Å²) in [5, 5.41) is 20.5. The Morgan fingerprint density at radius 3 is 2.55 bits per heavy atom. The highest BCUT2D eigenvalue weighted by Gasteiger charge is 2.33. The summed E-state index contributed by atoms with van der Waals surface area (Å²) in [7, 11) is 0. The van der Waals surface area contributed by atoms with E-state index in [1.165, 1.54) is 24.3 Å². The van der Waals surface area contributed by atoms with Gasteiger partial charge in [0.1, 0.15) is 11.8 Å². The maximum absolute atomic E-state index is 12.1. The zero-order chi connectivity index (χ0) is 16.1. The summed E-state index contributed by atoms with van der Waals surface area (Å²) in [6.45, 7) is 0. The first-order chi connectivity index (χ1) is 10.5. The van der Waals surface area contributed by atoms with Crippen molar-refractivity contribution in [2.45, 2.75) is 31.7 Å². The molecular weight excluding hydrogens is 284 g/mol. The molecule has 114 valence electrons. The van der Waals surface area contributed by atoms with E-state index in [-0.39, 0.29) is 23.7 Å². The Bertz CT molecular complexity index is 631. The topological polar surface area (TPSA) is 107 Å². The van der Waals surface area contributed by atoms with Crippen LogP contribution in [0.25, 0.3) is 0 Å². The van der Waals surface area contributed by atoms with Crippen LogP contribution in [0.15, 0.2) is 24.3 Å². The van der Waals surface area contributed by atoms with Gasteiger partial charge in [-0.3, -0.25) is 9.59 Å². The lowest BCUT2D eigenvalue weighted by Gasteiger charge is -2.27. The van der Waals surface area contributed by atoms with Crippen molar-refractivity contribution in [2.75, 3.05) is 0 Å². The van der Waals surface area contributed by atoms with Crippen LogP contribution in [0.4, 0.5) is 0 Å². The van der Waals surface area contributed by atoms with Gasteiger partial charge in [-0.25, -0.2) is 4.79 Å². The molecule has 0 heterocycles. The molecule has 1 aromatic carbocycles. The predicted molar refractivity (Wildman–Crippen MR) is 77.0 cm³/mol. The van der Waals surface area contributed by atoms with Gasteiger partial charge in [-0.15, -0.1) is 0 Å². The van der Waals surface area contributed by atoms with Crippen molar-refractivity contribution in [1.29, 1.82) is 5.26 Å². The Labute approximate surface area is 127 Å². The number of Topliss-reactive ketones (excluding diaryl/α,β-unsaturated/α-hetero) is 1. The van der Waals surface area contributed by atoms with E-state index in [1.54, 1.807) is 0 Å². The van der Waals surface area contributed by atoms with Crippen LogP contribution in [0.3, 0.4) is 0 Å². The van der Waals surface area contributed by atoms with Crippen LogP contribution in [-0.2, 0) is 9.59 Å². The molecule has 0 bridgehead atoms. The summed E-state index contributed by atoms with van der Waals surface area (Å²) in [5.41, 5.74) is 0.705. The Morgan fingerprint density at radius 2 is 2.00 bits per heavy atom. The van der Waals surface area contributed by atoms with Crippen LogP contribution in [0.5, 0.6) is 0 Å². The number of carboxylic acid groups (broad SMARTS) is 1. The lowest BCUT2D eigenvalue weighted by Crippen LogP contribution is -2.47. The fraction of sp³-hybridized carbons (Fsp3) is 0.375. The molecule has 1 aliphatic carbocycles. The molecule has 1 aromatic rings. The highest BCUT2D eigenvalue weighted by Crippen LogP contribution is 2.24. The number of rotatable bonds is 4. The number of carboxylic acids is 1. The molecule has 1 fully saturated rings. The molecule has 0 saturated heterocycles. The third-order valence-corrected chi connectivity index (χ3v) is 3.82. The second-order valence-corrected chi connectivity index (χ2v) is 5.37. The summed E-state index contributed by atoms with van der Waals surface area (Å²) < 4.78 is 0. The van der Waals surface area contributed by atoms with E-state index < -0.39 is 17.9 Å². The summed E-state index contributed by atoms with van der Waals surface area (Å²) >= 11 is 0. The number of hydrogen-bond acceptors (Lipinski definition) is 4. The van der Waals surface area contributed by atoms with Gasteiger partial charge in [0.2, 0.25) is 0 Å². The number of nitrogens with one attached hydrogen (secondary N) is 1. The van der Waals surface area contributed by atoms with Crippen molar-refractivity contribution in [3.63, 3.8) is 0 Å². The van der Waals surface area contributed by atoms with E-state index in [1.807, 2.05) is 6.07 Å². The second-order valence-electron chi connectivity index (χ2n) is 5.37. The molecular formula is C16H16N2O4.